The average Bonchev–Trinajstić information content (AvgIpc) is 3.20. The van der Waals surface area contributed by atoms with Crippen LogP contribution < -0.4 is 10.2 Å². The van der Waals surface area contributed by atoms with E-state index in [1.807, 2.05) is 0 Å². The maximum absolute atomic E-state index is 13.0. The molecular formula is C18H16FN3O3S. The summed E-state index contributed by atoms with van der Waals surface area (Å²) in [5.41, 5.74) is 1.32. The molecule has 1 fully saturated rings. The number of benzene rings is 1. The first-order valence-corrected chi connectivity index (χ1v) is 9.22. The number of nitrogens with one attached hydrogen (secondary N) is 1. The number of nitrogens with zero attached hydrogens (tertiary/aromatic N) is 2. The number of aryl methyl sites for hydroxylation is 1. The highest BCUT2D eigenvalue weighted by Crippen LogP contribution is 2.31. The van der Waals surface area contributed by atoms with Gasteiger partial charge in [0, 0.05) is 25.1 Å². The maximum atomic E-state index is 13.0. The number of aromatic nitrogens is 1. The third-order valence-corrected chi connectivity index (χ3v) is 5.69. The highest BCUT2D eigenvalue weighted by molar-refractivity contribution is 7.17. The van der Waals surface area contributed by atoms with Crippen LogP contribution in [0.4, 0.5) is 15.2 Å². The molecule has 1 atom stereocenters. The molecule has 1 aromatic heterocycles. The first kappa shape index (κ1) is 16.8. The number of thiazole rings is 1. The Kier molecular flexibility index (Phi) is 4.28. The molecule has 1 aromatic carbocycles. The Balaban J connectivity index is 1.45. The third-order valence-electron chi connectivity index (χ3n) is 4.63. The number of amides is 2. The van der Waals surface area contributed by atoms with E-state index >= 15 is 0 Å². The van der Waals surface area contributed by atoms with Crippen LogP contribution in [0.5, 0.6) is 0 Å². The van der Waals surface area contributed by atoms with Gasteiger partial charge in [0.05, 0.1) is 16.5 Å². The summed E-state index contributed by atoms with van der Waals surface area (Å²) in [5.74, 6) is -1.28. The van der Waals surface area contributed by atoms with Crippen molar-refractivity contribution in [2.75, 3.05) is 16.8 Å². The lowest BCUT2D eigenvalue weighted by atomic mass is 10.0. The number of halogens is 1. The molecule has 0 saturated carbocycles. The molecule has 6 nitrogen and oxygen atoms in total. The minimum absolute atomic E-state index is 0.0720. The van der Waals surface area contributed by atoms with Crippen molar-refractivity contribution < 1.29 is 18.8 Å². The third kappa shape index (κ3) is 3.12. The molecule has 0 bridgehead atoms. The predicted octanol–water partition coefficient (Wildman–Crippen LogP) is 2.79. The van der Waals surface area contributed by atoms with E-state index in [1.54, 1.807) is 0 Å². The topological polar surface area (TPSA) is 79.4 Å². The second kappa shape index (κ2) is 6.60. The van der Waals surface area contributed by atoms with E-state index in [0.29, 0.717) is 22.1 Å². The lowest BCUT2D eigenvalue weighted by molar-refractivity contribution is -0.122. The average molecular weight is 373 g/mol. The summed E-state index contributed by atoms with van der Waals surface area (Å²) in [7, 11) is 0. The number of carbonyl (C=O) groups excluding carboxylic acids is 3. The minimum Gasteiger partial charge on any atom is -0.312 e. The normalized spacial score (nSPS) is 19.6. The number of anilines is 2. The lowest BCUT2D eigenvalue weighted by Gasteiger charge is -2.16. The summed E-state index contributed by atoms with van der Waals surface area (Å²) >= 11 is 1.20. The first-order valence-electron chi connectivity index (χ1n) is 8.41. The SMILES string of the molecule is O=C1CCCc2nc(NC(=O)C3CC(=O)N(c4ccc(F)cc4)C3)sc21. The fraction of sp³-hybridized carbons (Fsp3) is 0.333. The standard InChI is InChI=1S/C18H16FN3O3S/c19-11-4-6-12(7-5-11)22-9-10(8-15(22)24)17(25)21-18-20-13-2-1-3-14(23)16(13)26-18/h4-7,10H,1-3,8-9H2,(H,20,21,25). The first-order chi connectivity index (χ1) is 12.5. The van der Waals surface area contributed by atoms with Crippen LogP contribution in [0.2, 0.25) is 0 Å². The van der Waals surface area contributed by atoms with Gasteiger partial charge < -0.3 is 10.2 Å². The van der Waals surface area contributed by atoms with Gasteiger partial charge in [-0.3, -0.25) is 14.4 Å². The Morgan fingerprint density at radius 1 is 1.23 bits per heavy atom. The molecule has 134 valence electrons. The Labute approximate surface area is 153 Å². The van der Waals surface area contributed by atoms with Gasteiger partial charge in [0.2, 0.25) is 11.8 Å². The summed E-state index contributed by atoms with van der Waals surface area (Å²) in [6.07, 6.45) is 2.14. The number of fused-ring (bicyclic) bond motifs is 1. The molecule has 26 heavy (non-hydrogen) atoms. The number of hydrogen-bond acceptors (Lipinski definition) is 5. The predicted molar refractivity (Wildman–Crippen MR) is 94.9 cm³/mol. The molecule has 2 aliphatic rings. The van der Waals surface area contributed by atoms with Gasteiger partial charge in [-0.1, -0.05) is 11.3 Å². The molecule has 2 aromatic rings. The van der Waals surface area contributed by atoms with E-state index in [-0.39, 0.29) is 36.4 Å². The van der Waals surface area contributed by atoms with Gasteiger partial charge in [-0.2, -0.15) is 0 Å². The van der Waals surface area contributed by atoms with Crippen molar-refractivity contribution in [3.63, 3.8) is 0 Å². The molecule has 8 heteroatoms. The highest BCUT2D eigenvalue weighted by Gasteiger charge is 2.35. The number of Topliss-reactive ketones (excluding diaryl/α,β-unsaturated/α-hetero) is 1. The summed E-state index contributed by atoms with van der Waals surface area (Å²) in [6, 6.07) is 5.61. The smallest absolute Gasteiger partial charge is 0.231 e. The fourth-order valence-corrected chi connectivity index (χ4v) is 4.27. The Bertz CT molecular complexity index is 894. The molecule has 2 amide bonds. The summed E-state index contributed by atoms with van der Waals surface area (Å²) < 4.78 is 13.0. The van der Waals surface area contributed by atoms with E-state index in [2.05, 4.69) is 10.3 Å². The number of ketones is 1. The lowest BCUT2D eigenvalue weighted by Crippen LogP contribution is -2.28. The molecule has 1 unspecified atom stereocenters. The van der Waals surface area contributed by atoms with E-state index in [4.69, 9.17) is 0 Å². The molecule has 0 radical (unpaired) electrons. The molecule has 1 N–H and O–H groups in total. The van der Waals surface area contributed by atoms with Crippen LogP contribution >= 0.6 is 11.3 Å². The number of carbonyl (C=O) groups is 3. The minimum atomic E-state index is -0.510. The van der Waals surface area contributed by atoms with Crippen molar-refractivity contribution in [2.45, 2.75) is 25.7 Å². The van der Waals surface area contributed by atoms with Crippen LogP contribution in [0.15, 0.2) is 24.3 Å². The van der Waals surface area contributed by atoms with E-state index in [1.165, 1.54) is 40.5 Å². The van der Waals surface area contributed by atoms with Crippen LogP contribution in [-0.2, 0) is 16.0 Å². The second-order valence-corrected chi connectivity index (χ2v) is 7.44. The molecule has 2 heterocycles. The van der Waals surface area contributed by atoms with Gasteiger partial charge in [-0.15, -0.1) is 0 Å². The van der Waals surface area contributed by atoms with Crippen LogP contribution in [-0.4, -0.2) is 29.1 Å². The Morgan fingerprint density at radius 2 is 2.00 bits per heavy atom. The van der Waals surface area contributed by atoms with Crippen LogP contribution in [0.1, 0.15) is 34.6 Å². The van der Waals surface area contributed by atoms with Crippen molar-refractivity contribution >= 4 is 39.8 Å². The zero-order valence-electron chi connectivity index (χ0n) is 13.8. The van der Waals surface area contributed by atoms with Crippen LogP contribution in [0.3, 0.4) is 0 Å². The fourth-order valence-electron chi connectivity index (χ4n) is 3.28. The van der Waals surface area contributed by atoms with Crippen molar-refractivity contribution in [3.05, 3.63) is 40.7 Å². The van der Waals surface area contributed by atoms with E-state index in [0.717, 1.165) is 18.5 Å². The monoisotopic (exact) mass is 373 g/mol. The van der Waals surface area contributed by atoms with E-state index < -0.39 is 5.92 Å². The molecule has 1 aliphatic carbocycles. The highest BCUT2D eigenvalue weighted by atomic mass is 32.1. The van der Waals surface area contributed by atoms with Crippen molar-refractivity contribution in [1.82, 2.24) is 4.98 Å². The summed E-state index contributed by atoms with van der Waals surface area (Å²) in [6.45, 7) is 0.236. The molecule has 1 aliphatic heterocycles. The summed E-state index contributed by atoms with van der Waals surface area (Å²) in [4.78, 5) is 43.1. The molecule has 4 rings (SSSR count). The maximum Gasteiger partial charge on any atom is 0.231 e. The molecular weight excluding hydrogens is 357 g/mol. The summed E-state index contributed by atoms with van der Waals surface area (Å²) in [5, 5.41) is 3.15. The molecule has 1 saturated heterocycles. The van der Waals surface area contributed by atoms with Gasteiger partial charge >= 0.3 is 0 Å². The van der Waals surface area contributed by atoms with Crippen molar-refractivity contribution in [2.24, 2.45) is 5.92 Å². The Morgan fingerprint density at radius 3 is 2.73 bits per heavy atom. The van der Waals surface area contributed by atoms with Gasteiger partial charge in [-0.25, -0.2) is 9.37 Å². The van der Waals surface area contributed by atoms with Crippen molar-refractivity contribution in [1.29, 1.82) is 0 Å². The van der Waals surface area contributed by atoms with Crippen molar-refractivity contribution in [3.8, 4) is 0 Å². The number of hydrogen-bond donors (Lipinski definition) is 1. The zero-order chi connectivity index (χ0) is 18.3. The Hall–Kier alpha value is -2.61. The molecule has 0 spiro atoms. The van der Waals surface area contributed by atoms with Crippen LogP contribution in [0, 0.1) is 11.7 Å². The van der Waals surface area contributed by atoms with Gasteiger partial charge in [0.25, 0.3) is 0 Å². The van der Waals surface area contributed by atoms with Gasteiger partial charge in [0.1, 0.15) is 5.82 Å². The van der Waals surface area contributed by atoms with Gasteiger partial charge in [-0.05, 0) is 37.1 Å². The van der Waals surface area contributed by atoms with Crippen LogP contribution in [0.25, 0.3) is 0 Å². The van der Waals surface area contributed by atoms with E-state index in [9.17, 15) is 18.8 Å². The number of rotatable bonds is 3. The zero-order valence-corrected chi connectivity index (χ0v) is 14.6. The quantitative estimate of drug-likeness (QED) is 0.897. The van der Waals surface area contributed by atoms with Gasteiger partial charge in [0.15, 0.2) is 10.9 Å². The largest absolute Gasteiger partial charge is 0.312 e. The second-order valence-electron chi connectivity index (χ2n) is 6.44.